The molecule has 43 heavy (non-hydrogen) atoms. The third-order valence-electron chi connectivity index (χ3n) is 7.21. The Bertz CT molecular complexity index is 1610. The molecule has 0 atom stereocenters. The lowest BCUT2D eigenvalue weighted by Crippen LogP contribution is -2.43. The Morgan fingerprint density at radius 1 is 1.14 bits per heavy atom. The fraction of sp³-hybridized carbons (Fsp3) is 0.300. The van der Waals surface area contributed by atoms with Gasteiger partial charge in [0.15, 0.2) is 10.9 Å². The minimum Gasteiger partial charge on any atom is -0.354 e. The molecular weight excluding hydrogens is 574 g/mol. The van der Waals surface area contributed by atoms with Crippen LogP contribution in [0.3, 0.4) is 0 Å². The predicted molar refractivity (Wildman–Crippen MR) is 164 cm³/mol. The van der Waals surface area contributed by atoms with Gasteiger partial charge >= 0.3 is 6.03 Å². The van der Waals surface area contributed by atoms with Crippen molar-refractivity contribution in [2.75, 3.05) is 41.7 Å². The maximum atomic E-state index is 15.0. The largest absolute Gasteiger partial charge is 0.354 e. The molecular formula is C30H32F2N8O2S. The summed E-state index contributed by atoms with van der Waals surface area (Å²) in [7, 11) is 0. The highest BCUT2D eigenvalue weighted by atomic mass is 32.1. The van der Waals surface area contributed by atoms with Gasteiger partial charge in [-0.15, -0.1) is 11.3 Å². The van der Waals surface area contributed by atoms with Crippen molar-refractivity contribution in [2.24, 2.45) is 0 Å². The van der Waals surface area contributed by atoms with Crippen molar-refractivity contribution >= 4 is 45.9 Å². The third-order valence-corrected chi connectivity index (χ3v) is 7.90. The van der Waals surface area contributed by atoms with E-state index in [9.17, 15) is 9.59 Å². The Kier molecular flexibility index (Phi) is 9.22. The lowest BCUT2D eigenvalue weighted by Gasteiger charge is -2.31. The highest BCUT2D eigenvalue weighted by Crippen LogP contribution is 2.39. The number of para-hydroxylation sites is 1. The lowest BCUT2D eigenvalue weighted by atomic mass is 9.97. The van der Waals surface area contributed by atoms with Gasteiger partial charge in [-0.2, -0.15) is 4.98 Å². The average Bonchev–Trinajstić information content (AvgIpc) is 3.51. The zero-order valence-corrected chi connectivity index (χ0v) is 24.9. The number of amides is 3. The summed E-state index contributed by atoms with van der Waals surface area (Å²) in [4.78, 5) is 42.9. The van der Waals surface area contributed by atoms with E-state index in [2.05, 4.69) is 44.7 Å². The van der Waals surface area contributed by atoms with E-state index in [1.54, 1.807) is 29.8 Å². The van der Waals surface area contributed by atoms with Gasteiger partial charge in [0.1, 0.15) is 17.3 Å². The molecule has 2 aromatic carbocycles. The number of urea groups is 1. The Labute approximate surface area is 252 Å². The highest BCUT2D eigenvalue weighted by molar-refractivity contribution is 7.13. The maximum Gasteiger partial charge on any atom is 0.328 e. The number of rotatable bonds is 11. The zero-order chi connectivity index (χ0) is 30.5. The zero-order valence-electron chi connectivity index (χ0n) is 24.1. The quantitative estimate of drug-likeness (QED) is 0.181. The topological polar surface area (TPSA) is 115 Å². The number of halogens is 2. The number of hydrogen-bond acceptors (Lipinski definition) is 8. The molecule has 224 valence electrons. The SMILES string of the molecule is CCN(CC)CCCNc1nc(-c2cc(C(=O)Nc3nccs3)ccc2C)c2c(n1)N(c1c(F)cccc1F)C(=O)NC2. The number of nitrogens with one attached hydrogen (secondary N) is 3. The molecule has 13 heteroatoms. The van der Waals surface area contributed by atoms with Crippen molar-refractivity contribution in [2.45, 2.75) is 33.7 Å². The molecule has 3 heterocycles. The molecule has 2 aromatic heterocycles. The van der Waals surface area contributed by atoms with E-state index in [4.69, 9.17) is 4.98 Å². The van der Waals surface area contributed by atoms with Gasteiger partial charge in [-0.3, -0.25) is 10.1 Å². The fourth-order valence-corrected chi connectivity index (χ4v) is 5.41. The van der Waals surface area contributed by atoms with E-state index >= 15 is 8.78 Å². The van der Waals surface area contributed by atoms with E-state index in [0.29, 0.717) is 34.1 Å². The first-order chi connectivity index (χ1) is 20.8. The van der Waals surface area contributed by atoms with Crippen LogP contribution in [-0.4, -0.2) is 58.0 Å². The van der Waals surface area contributed by atoms with Crippen molar-refractivity contribution in [1.29, 1.82) is 0 Å². The van der Waals surface area contributed by atoms with Gasteiger partial charge in [0.25, 0.3) is 5.91 Å². The van der Waals surface area contributed by atoms with Crippen LogP contribution in [0, 0.1) is 18.6 Å². The van der Waals surface area contributed by atoms with Crippen LogP contribution in [0.5, 0.6) is 0 Å². The van der Waals surface area contributed by atoms with Crippen molar-refractivity contribution in [3.05, 3.63) is 76.3 Å². The lowest BCUT2D eigenvalue weighted by molar-refractivity contribution is 0.102. The Hall–Kier alpha value is -4.49. The molecule has 3 amide bonds. The van der Waals surface area contributed by atoms with Gasteiger partial charge < -0.3 is 15.5 Å². The summed E-state index contributed by atoms with van der Waals surface area (Å²) in [6, 6.07) is 7.89. The maximum absolute atomic E-state index is 15.0. The van der Waals surface area contributed by atoms with Gasteiger partial charge in [0.05, 0.1) is 12.2 Å². The Morgan fingerprint density at radius 2 is 1.91 bits per heavy atom. The molecule has 5 rings (SSSR count). The van der Waals surface area contributed by atoms with Gasteiger partial charge in [-0.05, 0) is 62.8 Å². The molecule has 0 aliphatic carbocycles. The molecule has 3 N–H and O–H groups in total. The molecule has 0 bridgehead atoms. The van der Waals surface area contributed by atoms with E-state index in [0.717, 1.165) is 48.7 Å². The Morgan fingerprint density at radius 3 is 2.60 bits per heavy atom. The Balaban J connectivity index is 1.59. The summed E-state index contributed by atoms with van der Waals surface area (Å²) in [5.41, 5.74) is 2.14. The molecule has 0 saturated heterocycles. The molecule has 4 aromatic rings. The van der Waals surface area contributed by atoms with Crippen molar-refractivity contribution < 1.29 is 18.4 Å². The number of fused-ring (bicyclic) bond motifs is 1. The van der Waals surface area contributed by atoms with Crippen molar-refractivity contribution in [3.8, 4) is 11.3 Å². The second-order valence-corrected chi connectivity index (χ2v) is 10.8. The predicted octanol–water partition coefficient (Wildman–Crippen LogP) is 5.94. The molecule has 0 spiro atoms. The van der Waals surface area contributed by atoms with Crippen LogP contribution in [0.4, 0.5) is 36.2 Å². The number of benzene rings is 2. The molecule has 1 aliphatic heterocycles. The number of carbonyl (C=O) groups is 2. The number of aromatic nitrogens is 3. The number of aryl methyl sites for hydroxylation is 1. The van der Waals surface area contributed by atoms with E-state index in [1.807, 2.05) is 6.92 Å². The first kappa shape index (κ1) is 30.0. The monoisotopic (exact) mass is 606 g/mol. The summed E-state index contributed by atoms with van der Waals surface area (Å²) < 4.78 is 30.0. The first-order valence-electron chi connectivity index (χ1n) is 14.0. The van der Waals surface area contributed by atoms with Crippen LogP contribution in [0.2, 0.25) is 0 Å². The normalized spacial score (nSPS) is 12.7. The van der Waals surface area contributed by atoms with Crippen molar-refractivity contribution in [1.82, 2.24) is 25.2 Å². The van der Waals surface area contributed by atoms with E-state index in [1.165, 1.54) is 17.4 Å². The van der Waals surface area contributed by atoms with Crippen LogP contribution >= 0.6 is 11.3 Å². The molecule has 0 fully saturated rings. The number of anilines is 4. The van der Waals surface area contributed by atoms with Gasteiger partial charge in [-0.1, -0.05) is 26.0 Å². The minimum atomic E-state index is -0.908. The smallest absolute Gasteiger partial charge is 0.328 e. The third kappa shape index (κ3) is 6.47. The number of hydrogen-bond donors (Lipinski definition) is 3. The standard InChI is InChI=1S/C30H32F2N8O2S/c1-4-39(5-2)14-7-12-33-28-36-24(20-16-19(11-10-18(20)3)27(41)38-29-34-13-15-43-29)21-17-35-30(42)40(26(21)37-28)25-22(31)8-6-9-23(25)32/h6,8-11,13,15-16H,4-5,7,12,14,17H2,1-3H3,(H,35,42)(H,33,36,37)(H,34,38,41). The number of carbonyl (C=O) groups excluding carboxylic acids is 2. The summed E-state index contributed by atoms with van der Waals surface area (Å²) in [5, 5.41) is 10.9. The van der Waals surface area contributed by atoms with Crippen LogP contribution in [0.25, 0.3) is 11.3 Å². The van der Waals surface area contributed by atoms with Gasteiger partial charge in [0, 0.05) is 34.8 Å². The summed E-state index contributed by atoms with van der Waals surface area (Å²) in [5.74, 6) is -1.91. The van der Waals surface area contributed by atoms with Crippen LogP contribution in [0.1, 0.15) is 41.8 Å². The average molecular weight is 607 g/mol. The second kappa shape index (κ2) is 13.2. The van der Waals surface area contributed by atoms with E-state index < -0.39 is 23.4 Å². The number of thiazole rings is 1. The first-order valence-corrected chi connectivity index (χ1v) is 14.9. The summed E-state index contributed by atoms with van der Waals surface area (Å²) >= 11 is 1.30. The fourth-order valence-electron chi connectivity index (χ4n) is 4.89. The molecule has 0 unspecified atom stereocenters. The highest BCUT2D eigenvalue weighted by Gasteiger charge is 2.34. The molecule has 1 aliphatic rings. The van der Waals surface area contributed by atoms with E-state index in [-0.39, 0.29) is 24.2 Å². The molecule has 10 nitrogen and oxygen atoms in total. The van der Waals surface area contributed by atoms with Gasteiger partial charge in [0.2, 0.25) is 5.95 Å². The van der Waals surface area contributed by atoms with Crippen LogP contribution in [0.15, 0.2) is 48.0 Å². The van der Waals surface area contributed by atoms with Crippen molar-refractivity contribution in [3.63, 3.8) is 0 Å². The second-order valence-electron chi connectivity index (χ2n) is 9.89. The molecule has 0 saturated carbocycles. The number of nitrogens with zero attached hydrogens (tertiary/aromatic N) is 5. The molecule has 0 radical (unpaired) electrons. The summed E-state index contributed by atoms with van der Waals surface area (Å²) in [6.45, 7) is 9.36. The van der Waals surface area contributed by atoms with Crippen LogP contribution < -0.4 is 20.9 Å². The summed E-state index contributed by atoms with van der Waals surface area (Å²) in [6.07, 6.45) is 2.40. The van der Waals surface area contributed by atoms with Gasteiger partial charge in [-0.25, -0.2) is 28.4 Å². The minimum absolute atomic E-state index is 0.0211. The van der Waals surface area contributed by atoms with Crippen LogP contribution in [-0.2, 0) is 6.54 Å².